The van der Waals surface area contributed by atoms with E-state index in [4.69, 9.17) is 17.0 Å². The third kappa shape index (κ3) is 3.08. The summed E-state index contributed by atoms with van der Waals surface area (Å²) in [6.07, 6.45) is 4.79. The molecule has 92 valence electrons. The second kappa shape index (κ2) is 5.65. The number of rotatable bonds is 4. The van der Waals surface area contributed by atoms with Crippen molar-refractivity contribution < 1.29 is 0 Å². The molecular weight excluding hydrogens is 246 g/mol. The van der Waals surface area contributed by atoms with Crippen LogP contribution in [0.15, 0.2) is 42.2 Å². The highest BCUT2D eigenvalue weighted by Gasteiger charge is 1.98. The maximum atomic E-state index is 7.07. The molecule has 0 radical (unpaired) electrons. The van der Waals surface area contributed by atoms with E-state index in [0.717, 1.165) is 22.0 Å². The maximum Gasteiger partial charge on any atom is 0.0703 e. The van der Waals surface area contributed by atoms with Crippen LogP contribution < -0.4 is 5.32 Å². The van der Waals surface area contributed by atoms with Crippen molar-refractivity contribution in [3.8, 4) is 0 Å². The lowest BCUT2D eigenvalue weighted by molar-refractivity contribution is 0.866. The number of allylic oxidation sites excluding steroid dienone is 1. The summed E-state index contributed by atoms with van der Waals surface area (Å²) in [4.78, 5) is 4.25. The summed E-state index contributed by atoms with van der Waals surface area (Å²) in [5.41, 5.74) is 2.98. The molecule has 1 heterocycles. The zero-order valence-corrected chi connectivity index (χ0v) is 10.8. The van der Waals surface area contributed by atoms with Gasteiger partial charge in [0.2, 0.25) is 0 Å². The molecule has 0 unspecified atom stereocenters. The number of nitrogens with zero attached hydrogens (tertiary/aromatic N) is 1. The predicted octanol–water partition coefficient (Wildman–Crippen LogP) is 3.53. The van der Waals surface area contributed by atoms with Crippen molar-refractivity contribution in [1.29, 1.82) is 5.41 Å². The first-order chi connectivity index (χ1) is 8.69. The van der Waals surface area contributed by atoms with Crippen LogP contribution >= 0.6 is 11.6 Å². The second-order valence-corrected chi connectivity index (χ2v) is 4.53. The van der Waals surface area contributed by atoms with Crippen LogP contribution in [0.25, 0.3) is 10.9 Å². The molecule has 0 amide bonds. The fourth-order valence-electron chi connectivity index (χ4n) is 1.64. The summed E-state index contributed by atoms with van der Waals surface area (Å²) >= 11 is 5.92. The summed E-state index contributed by atoms with van der Waals surface area (Å²) in [7, 11) is 0. The highest BCUT2D eigenvalue weighted by atomic mass is 35.5. The average molecular weight is 260 g/mol. The number of hydrogen-bond donors (Lipinski definition) is 2. The zero-order chi connectivity index (χ0) is 13.0. The first-order valence-electron chi connectivity index (χ1n) is 5.64. The lowest BCUT2D eigenvalue weighted by Gasteiger charge is -2.04. The van der Waals surface area contributed by atoms with E-state index in [9.17, 15) is 0 Å². The average Bonchev–Trinajstić information content (AvgIpc) is 2.38. The molecule has 0 aliphatic rings. The van der Waals surface area contributed by atoms with Crippen molar-refractivity contribution in [2.24, 2.45) is 0 Å². The van der Waals surface area contributed by atoms with Gasteiger partial charge in [-0.05, 0) is 36.3 Å². The highest BCUT2D eigenvalue weighted by Crippen LogP contribution is 2.18. The SMILES string of the molecule is C/C(C=N)=C/NCc1ccc2ncc(Cl)cc2c1. The van der Waals surface area contributed by atoms with Crippen molar-refractivity contribution >= 4 is 28.7 Å². The van der Waals surface area contributed by atoms with Gasteiger partial charge in [-0.3, -0.25) is 4.98 Å². The Hall–Kier alpha value is -1.87. The molecule has 0 aliphatic heterocycles. The smallest absolute Gasteiger partial charge is 0.0703 e. The zero-order valence-electron chi connectivity index (χ0n) is 10.1. The molecule has 0 spiro atoms. The minimum Gasteiger partial charge on any atom is -0.387 e. The molecular formula is C14H14ClN3. The first kappa shape index (κ1) is 12.6. The van der Waals surface area contributed by atoms with Gasteiger partial charge in [-0.15, -0.1) is 0 Å². The van der Waals surface area contributed by atoms with Gasteiger partial charge in [0.25, 0.3) is 0 Å². The second-order valence-electron chi connectivity index (χ2n) is 4.09. The molecule has 0 saturated heterocycles. The van der Waals surface area contributed by atoms with Crippen LogP contribution in [0.4, 0.5) is 0 Å². The molecule has 0 fully saturated rings. The predicted molar refractivity (Wildman–Crippen MR) is 76.1 cm³/mol. The summed E-state index contributed by atoms with van der Waals surface area (Å²) in [5, 5.41) is 11.9. The van der Waals surface area contributed by atoms with Crippen LogP contribution in [-0.4, -0.2) is 11.2 Å². The molecule has 0 aliphatic carbocycles. The number of hydrogen-bond acceptors (Lipinski definition) is 3. The normalized spacial score (nSPS) is 11.6. The topological polar surface area (TPSA) is 48.8 Å². The van der Waals surface area contributed by atoms with Crippen LogP contribution in [0.2, 0.25) is 5.02 Å². The summed E-state index contributed by atoms with van der Waals surface area (Å²) in [6.45, 7) is 2.59. The number of pyridine rings is 1. The van der Waals surface area contributed by atoms with E-state index < -0.39 is 0 Å². The third-order valence-corrected chi connectivity index (χ3v) is 2.78. The molecule has 18 heavy (non-hydrogen) atoms. The Labute approximate surface area is 111 Å². The standard InChI is InChI=1S/C14H14ClN3/c1-10(6-16)7-17-8-11-2-3-14-12(4-11)5-13(15)9-18-14/h2-7,9,16-17H,8H2,1H3/b10-7-,16-6?. The van der Waals surface area contributed by atoms with Crippen LogP contribution in [0.3, 0.4) is 0 Å². The van der Waals surface area contributed by atoms with E-state index >= 15 is 0 Å². The molecule has 0 saturated carbocycles. The molecule has 2 N–H and O–H groups in total. The maximum absolute atomic E-state index is 7.07. The van der Waals surface area contributed by atoms with E-state index in [1.54, 1.807) is 6.20 Å². The van der Waals surface area contributed by atoms with E-state index in [2.05, 4.69) is 16.4 Å². The Morgan fingerprint density at radius 2 is 2.28 bits per heavy atom. The Bertz CT molecular complexity index is 605. The summed E-state index contributed by atoms with van der Waals surface area (Å²) in [5.74, 6) is 0. The monoisotopic (exact) mass is 259 g/mol. The van der Waals surface area contributed by atoms with Gasteiger partial charge >= 0.3 is 0 Å². The van der Waals surface area contributed by atoms with Crippen molar-refractivity contribution in [2.45, 2.75) is 13.5 Å². The highest BCUT2D eigenvalue weighted by molar-refractivity contribution is 6.31. The Balaban J connectivity index is 2.17. The first-order valence-corrected chi connectivity index (χ1v) is 6.01. The summed E-state index contributed by atoms with van der Waals surface area (Å²) < 4.78 is 0. The van der Waals surface area contributed by atoms with Gasteiger partial charge in [0, 0.05) is 30.5 Å². The van der Waals surface area contributed by atoms with Crippen molar-refractivity contribution in [3.63, 3.8) is 0 Å². The molecule has 1 aromatic carbocycles. The lowest BCUT2D eigenvalue weighted by atomic mass is 10.1. The number of halogens is 1. The minimum absolute atomic E-state index is 0.646. The largest absolute Gasteiger partial charge is 0.387 e. The van der Waals surface area contributed by atoms with Gasteiger partial charge in [0.1, 0.15) is 0 Å². The van der Waals surface area contributed by atoms with E-state index in [-0.39, 0.29) is 0 Å². The number of nitrogens with one attached hydrogen (secondary N) is 2. The number of aromatic nitrogens is 1. The van der Waals surface area contributed by atoms with Crippen LogP contribution in [0.1, 0.15) is 12.5 Å². The molecule has 1 aromatic heterocycles. The van der Waals surface area contributed by atoms with Gasteiger partial charge in [0.15, 0.2) is 0 Å². The molecule has 0 bridgehead atoms. The Kier molecular flexibility index (Phi) is 3.95. The number of fused-ring (bicyclic) bond motifs is 1. The summed E-state index contributed by atoms with van der Waals surface area (Å²) in [6, 6.07) is 7.99. The van der Waals surface area contributed by atoms with Crippen molar-refractivity contribution in [2.75, 3.05) is 0 Å². The molecule has 3 nitrogen and oxygen atoms in total. The van der Waals surface area contributed by atoms with Gasteiger partial charge in [-0.25, -0.2) is 0 Å². The Morgan fingerprint density at radius 1 is 1.44 bits per heavy atom. The van der Waals surface area contributed by atoms with Crippen LogP contribution in [0, 0.1) is 5.41 Å². The van der Waals surface area contributed by atoms with Gasteiger partial charge in [-0.1, -0.05) is 17.7 Å². The molecule has 0 atom stereocenters. The third-order valence-electron chi connectivity index (χ3n) is 2.58. The van der Waals surface area contributed by atoms with Crippen molar-refractivity contribution in [1.82, 2.24) is 10.3 Å². The Morgan fingerprint density at radius 3 is 3.06 bits per heavy atom. The van der Waals surface area contributed by atoms with Gasteiger partial charge < -0.3 is 10.7 Å². The van der Waals surface area contributed by atoms with E-state index in [0.29, 0.717) is 11.6 Å². The fraction of sp³-hybridized carbons (Fsp3) is 0.143. The minimum atomic E-state index is 0.646. The van der Waals surface area contributed by atoms with E-state index in [1.807, 2.05) is 31.3 Å². The molecule has 2 aromatic rings. The van der Waals surface area contributed by atoms with Crippen LogP contribution in [-0.2, 0) is 6.54 Å². The lowest BCUT2D eigenvalue weighted by Crippen LogP contribution is -2.05. The fourth-order valence-corrected chi connectivity index (χ4v) is 1.80. The van der Waals surface area contributed by atoms with Crippen molar-refractivity contribution in [3.05, 3.63) is 52.8 Å². The molecule has 2 rings (SSSR count). The molecule has 4 heteroatoms. The van der Waals surface area contributed by atoms with Crippen LogP contribution in [0.5, 0.6) is 0 Å². The van der Waals surface area contributed by atoms with E-state index in [1.165, 1.54) is 6.21 Å². The number of benzene rings is 1. The quantitative estimate of drug-likeness (QED) is 0.826. The van der Waals surface area contributed by atoms with Gasteiger partial charge in [-0.2, -0.15) is 0 Å². The van der Waals surface area contributed by atoms with Gasteiger partial charge in [0.05, 0.1) is 10.5 Å².